The highest BCUT2D eigenvalue weighted by molar-refractivity contribution is 4.36. The Balaban J connectivity index is 3.99. The molecule has 0 aromatic carbocycles. The van der Waals surface area contributed by atoms with E-state index in [4.69, 9.17) is 10.2 Å². The van der Waals surface area contributed by atoms with Gasteiger partial charge >= 0.3 is 0 Å². The average molecular weight is 328 g/mol. The van der Waals surface area contributed by atoms with Crippen LogP contribution in [0, 0.1) is 19.9 Å². The third-order valence-electron chi connectivity index (χ3n) is 1.85. The minimum absolute atomic E-state index is 0.143. The van der Waals surface area contributed by atoms with Crippen molar-refractivity contribution in [2.24, 2.45) is 0 Å². The molecule has 0 heterocycles. The average Bonchev–Trinajstić information content (AvgIpc) is 2.34. The van der Waals surface area contributed by atoms with E-state index in [-0.39, 0.29) is 22.8 Å². The van der Waals surface area contributed by atoms with E-state index >= 15 is 0 Å². The van der Waals surface area contributed by atoms with Gasteiger partial charge < -0.3 is 10.2 Å². The summed E-state index contributed by atoms with van der Waals surface area (Å²) in [6, 6.07) is 0. The molecule has 0 fully saturated rings. The number of aliphatic hydroxyl groups is 2. The smallest absolute Gasteiger partial charge is 0.252 e. The van der Waals surface area contributed by atoms with Crippen LogP contribution in [0.3, 0.4) is 0 Å². The van der Waals surface area contributed by atoms with E-state index in [1.165, 1.54) is 13.8 Å². The fourth-order valence-electron chi connectivity index (χ4n) is 1.04. The van der Waals surface area contributed by atoms with Gasteiger partial charge in [0.15, 0.2) is 5.03 Å². The maximum Gasteiger partial charge on any atom is 0.252 e. The zero-order chi connectivity index (χ0) is 17.1. The predicted molar refractivity (Wildman–Crippen MR) is 67.4 cm³/mol. The molecule has 0 aromatic rings. The second-order valence-electron chi connectivity index (χ2n) is 4.29. The Bertz CT molecular complexity index is 350. The number of nitrogens with zero attached hydrogens (tertiary/aromatic N) is 4. The number of rotatable bonds is 13. The Morgan fingerprint density at radius 1 is 1.00 bits per heavy atom. The Hall–Kier alpha value is -2.16. The van der Waals surface area contributed by atoms with Crippen molar-refractivity contribution in [3.05, 3.63) is 19.9 Å². The molecule has 0 spiro atoms. The van der Waals surface area contributed by atoms with Crippen molar-refractivity contribution in [2.45, 2.75) is 26.1 Å². The summed E-state index contributed by atoms with van der Waals surface area (Å²) in [4.78, 5) is 42.1. The lowest BCUT2D eigenvalue weighted by Crippen LogP contribution is -2.42. The minimum atomic E-state index is -0.912. The highest BCUT2D eigenvalue weighted by Gasteiger charge is 2.20. The van der Waals surface area contributed by atoms with Gasteiger partial charge in [-0.15, -0.1) is 0 Å². The maximum atomic E-state index is 11.0. The zero-order valence-electron chi connectivity index (χ0n) is 12.1. The van der Waals surface area contributed by atoms with Crippen LogP contribution in [-0.2, 0) is 9.68 Å². The van der Waals surface area contributed by atoms with Crippen LogP contribution in [0.4, 0.5) is 0 Å². The molecular weight excluding hydrogens is 308 g/mol. The first-order chi connectivity index (χ1) is 10.2. The molecule has 0 rings (SSSR count). The van der Waals surface area contributed by atoms with Crippen LogP contribution in [0.25, 0.3) is 0 Å². The third kappa shape index (κ3) is 10.6. The Kier molecular flexibility index (Phi) is 9.51. The molecule has 0 unspecified atom stereocenters. The molecule has 0 aliphatic heterocycles. The fraction of sp³-hybridized carbons (Fsp3) is 1.00. The largest absolute Gasteiger partial charge is 0.387 e. The van der Waals surface area contributed by atoms with E-state index in [2.05, 4.69) is 9.68 Å². The molecule has 14 heteroatoms. The fourth-order valence-corrected chi connectivity index (χ4v) is 1.04. The van der Waals surface area contributed by atoms with Crippen molar-refractivity contribution in [1.29, 1.82) is 0 Å². The van der Waals surface area contributed by atoms with Gasteiger partial charge in [-0.25, -0.2) is 10.1 Å². The normalized spacial score (nSPS) is 13.1. The third-order valence-corrected chi connectivity index (χ3v) is 1.85. The standard InChI is InChI=1S/C8H20N6O8/c1-7(15)3-12(17)9-21-5-11(14(19)20)6-22-10-13(18)4-8(2)16/h7-8,15-16H,3-6H2,1-2H3,(H,9,17)(H,10,18)/q+2/t7-,8-/m0/s1. The predicted octanol–water partition coefficient (Wildman–Crippen LogP) is -2.41. The summed E-state index contributed by atoms with van der Waals surface area (Å²) < 4.78 is 0. The Morgan fingerprint density at radius 3 is 1.64 bits per heavy atom. The van der Waals surface area contributed by atoms with E-state index in [0.717, 1.165) is 0 Å². The van der Waals surface area contributed by atoms with Gasteiger partial charge in [-0.05, 0) is 25.0 Å². The number of nitro groups is 1. The van der Waals surface area contributed by atoms with E-state index < -0.39 is 30.7 Å². The van der Waals surface area contributed by atoms with Crippen LogP contribution in [0.2, 0.25) is 0 Å². The quantitative estimate of drug-likeness (QED) is 0.123. The molecule has 14 nitrogen and oxygen atoms in total. The summed E-state index contributed by atoms with van der Waals surface area (Å²) in [5.74, 6) is 0. The molecule has 4 N–H and O–H groups in total. The molecule has 0 saturated heterocycles. The van der Waals surface area contributed by atoms with Gasteiger partial charge in [0.05, 0.1) is 9.81 Å². The van der Waals surface area contributed by atoms with Crippen molar-refractivity contribution in [2.75, 3.05) is 26.6 Å². The highest BCUT2D eigenvalue weighted by Crippen LogP contribution is 1.89. The van der Waals surface area contributed by atoms with Crippen molar-refractivity contribution >= 4 is 0 Å². The number of nitrogens with one attached hydrogen (secondary N) is 2. The molecule has 0 aliphatic carbocycles. The van der Waals surface area contributed by atoms with Crippen molar-refractivity contribution in [3.63, 3.8) is 0 Å². The summed E-state index contributed by atoms with van der Waals surface area (Å²) in [5, 5.41) is 28.0. The summed E-state index contributed by atoms with van der Waals surface area (Å²) in [5.41, 5.74) is 3.63. The Morgan fingerprint density at radius 2 is 1.36 bits per heavy atom. The van der Waals surface area contributed by atoms with E-state index in [1.54, 1.807) is 0 Å². The van der Waals surface area contributed by atoms with Crippen molar-refractivity contribution in [1.82, 2.24) is 16.2 Å². The summed E-state index contributed by atoms with van der Waals surface area (Å²) in [7, 11) is 0. The van der Waals surface area contributed by atoms with Gasteiger partial charge in [0.25, 0.3) is 13.1 Å². The van der Waals surface area contributed by atoms with Crippen LogP contribution < -0.4 is 11.2 Å². The summed E-state index contributed by atoms with van der Waals surface area (Å²) in [6.45, 7) is 0.779. The molecule has 128 valence electrons. The molecule has 0 radical (unpaired) electrons. The zero-order valence-corrected chi connectivity index (χ0v) is 12.1. The van der Waals surface area contributed by atoms with Gasteiger partial charge in [0, 0.05) is 0 Å². The second kappa shape index (κ2) is 10.6. The van der Waals surface area contributed by atoms with Crippen LogP contribution in [0.1, 0.15) is 13.8 Å². The topological polar surface area (TPSA) is 170 Å². The molecule has 0 aliphatic rings. The van der Waals surface area contributed by atoms with Gasteiger partial charge in [0.2, 0.25) is 13.5 Å². The second-order valence-corrected chi connectivity index (χ2v) is 4.29. The summed E-state index contributed by atoms with van der Waals surface area (Å²) in [6.07, 6.45) is -1.82. The lowest BCUT2D eigenvalue weighted by atomic mass is 10.4. The van der Waals surface area contributed by atoms with E-state index in [1.807, 2.05) is 11.2 Å². The van der Waals surface area contributed by atoms with E-state index in [0.29, 0.717) is 5.01 Å². The SMILES string of the molecule is C[C@H](O)C[N+](=O)NOCN(CON[N+](=O)C[C@H](C)O)[N+](=O)[O-]. The lowest BCUT2D eigenvalue weighted by Gasteiger charge is -2.11. The van der Waals surface area contributed by atoms with E-state index in [9.17, 15) is 19.9 Å². The van der Waals surface area contributed by atoms with Gasteiger partial charge in [0.1, 0.15) is 21.9 Å². The molecule has 2 atom stereocenters. The maximum absolute atomic E-state index is 11.0. The van der Waals surface area contributed by atoms with Crippen molar-refractivity contribution in [3.8, 4) is 0 Å². The highest BCUT2D eigenvalue weighted by atomic mass is 16.8. The lowest BCUT2D eigenvalue weighted by molar-refractivity contribution is -0.714. The van der Waals surface area contributed by atoms with Crippen LogP contribution in [-0.4, -0.2) is 68.8 Å². The molecule has 22 heavy (non-hydrogen) atoms. The first-order valence-corrected chi connectivity index (χ1v) is 6.12. The first kappa shape index (κ1) is 19.8. The minimum Gasteiger partial charge on any atom is -0.387 e. The van der Waals surface area contributed by atoms with Gasteiger partial charge in [-0.3, -0.25) is 0 Å². The monoisotopic (exact) mass is 328 g/mol. The van der Waals surface area contributed by atoms with Gasteiger partial charge in [-0.2, -0.15) is 9.68 Å². The number of hydrogen-bond acceptors (Lipinski definition) is 8. The molecule has 0 saturated carbocycles. The van der Waals surface area contributed by atoms with Crippen LogP contribution in [0.5, 0.6) is 0 Å². The van der Waals surface area contributed by atoms with Crippen molar-refractivity contribution < 1.29 is 34.7 Å². The summed E-state index contributed by atoms with van der Waals surface area (Å²) >= 11 is 0. The number of hydrogen-bond donors (Lipinski definition) is 4. The molecule has 0 bridgehead atoms. The first-order valence-electron chi connectivity index (χ1n) is 6.12. The van der Waals surface area contributed by atoms with Crippen LogP contribution >= 0.6 is 0 Å². The molecular formula is C8H20N6O8+2. The van der Waals surface area contributed by atoms with Crippen LogP contribution in [0.15, 0.2) is 0 Å². The molecule has 0 amide bonds. The van der Waals surface area contributed by atoms with Gasteiger partial charge in [-0.1, -0.05) is 5.01 Å². The number of hydrazine groups is 3. The number of nitroso groups, excluding NO2 is 2. The number of aliphatic hydroxyl groups excluding tert-OH is 2. The molecule has 0 aromatic heterocycles. The Labute approximate surface area is 124 Å².